The molecule has 0 aromatic heterocycles. The third-order valence-electron chi connectivity index (χ3n) is 4.01. The van der Waals surface area contributed by atoms with E-state index in [1.54, 1.807) is 14.0 Å². The number of benzene rings is 1. The molecule has 0 radical (unpaired) electrons. The molecule has 0 amide bonds. The Balaban J connectivity index is 2.23. The average molecular weight is 313 g/mol. The minimum atomic E-state index is -3.76. The van der Waals surface area contributed by atoms with Crippen LogP contribution in [-0.4, -0.2) is 38.7 Å². The summed E-state index contributed by atoms with van der Waals surface area (Å²) >= 11 is 0. The van der Waals surface area contributed by atoms with Crippen LogP contribution in [-0.2, 0) is 14.8 Å². The lowest BCUT2D eigenvalue weighted by Crippen LogP contribution is -2.49. The number of nitrogens with one attached hydrogen (secondary N) is 1. The van der Waals surface area contributed by atoms with E-state index >= 15 is 0 Å². The van der Waals surface area contributed by atoms with Gasteiger partial charge in [0.15, 0.2) is 0 Å². The van der Waals surface area contributed by atoms with Gasteiger partial charge in [0.05, 0.1) is 16.1 Å². The molecule has 0 heterocycles. The Morgan fingerprint density at radius 1 is 1.43 bits per heavy atom. The van der Waals surface area contributed by atoms with Crippen LogP contribution in [0.5, 0.6) is 0 Å². The molecule has 0 saturated heterocycles. The molecule has 0 bridgehead atoms. The highest BCUT2D eigenvalue weighted by Crippen LogP contribution is 2.34. The molecule has 116 valence electrons. The van der Waals surface area contributed by atoms with E-state index in [4.69, 9.17) is 9.84 Å². The van der Waals surface area contributed by atoms with Crippen molar-refractivity contribution in [2.75, 3.05) is 13.7 Å². The average Bonchev–Trinajstić information content (AvgIpc) is 2.38. The number of ether oxygens (including phenoxy) is 1. The van der Waals surface area contributed by atoms with Gasteiger partial charge in [-0.2, -0.15) is 0 Å². The van der Waals surface area contributed by atoms with E-state index in [9.17, 15) is 13.2 Å². The number of hydrogen-bond donors (Lipinski definition) is 2. The number of carboxylic acids is 1. The van der Waals surface area contributed by atoms with Crippen LogP contribution in [0.15, 0.2) is 23.1 Å². The zero-order valence-corrected chi connectivity index (χ0v) is 12.9. The first-order valence-corrected chi connectivity index (χ1v) is 8.17. The monoisotopic (exact) mass is 313 g/mol. The predicted octanol–water partition coefficient (Wildman–Crippen LogP) is 1.54. The van der Waals surface area contributed by atoms with E-state index in [0.29, 0.717) is 5.56 Å². The number of aryl methyl sites for hydroxylation is 1. The van der Waals surface area contributed by atoms with Gasteiger partial charge in [-0.05, 0) is 43.9 Å². The van der Waals surface area contributed by atoms with Crippen LogP contribution in [0.2, 0.25) is 0 Å². The van der Waals surface area contributed by atoms with Gasteiger partial charge < -0.3 is 9.84 Å². The van der Waals surface area contributed by atoms with Gasteiger partial charge in [0.1, 0.15) is 0 Å². The SMILES string of the molecule is COC1(CNS(=O)(=O)c2cc(C(=O)O)ccc2C)CCC1. The molecule has 0 aliphatic heterocycles. The Labute approximate surface area is 124 Å². The zero-order valence-electron chi connectivity index (χ0n) is 12.0. The fourth-order valence-electron chi connectivity index (χ4n) is 2.35. The van der Waals surface area contributed by atoms with Gasteiger partial charge in [-0.15, -0.1) is 0 Å². The smallest absolute Gasteiger partial charge is 0.335 e. The van der Waals surface area contributed by atoms with Crippen LogP contribution in [0.3, 0.4) is 0 Å². The maximum absolute atomic E-state index is 12.4. The minimum Gasteiger partial charge on any atom is -0.478 e. The number of aromatic carboxylic acids is 1. The minimum absolute atomic E-state index is 0.00650. The molecule has 0 atom stereocenters. The van der Waals surface area contributed by atoms with Gasteiger partial charge in [0, 0.05) is 13.7 Å². The number of carboxylic acid groups (broad SMARTS) is 1. The first-order chi connectivity index (χ1) is 9.80. The highest BCUT2D eigenvalue weighted by molar-refractivity contribution is 7.89. The maximum atomic E-state index is 12.4. The lowest BCUT2D eigenvalue weighted by atomic mass is 9.80. The molecule has 1 aromatic carbocycles. The van der Waals surface area contributed by atoms with Gasteiger partial charge in [-0.25, -0.2) is 17.9 Å². The Kier molecular flexibility index (Phi) is 4.36. The third-order valence-corrected chi connectivity index (χ3v) is 5.55. The van der Waals surface area contributed by atoms with Crippen molar-refractivity contribution in [3.63, 3.8) is 0 Å². The molecule has 0 spiro atoms. The van der Waals surface area contributed by atoms with Crippen molar-refractivity contribution >= 4 is 16.0 Å². The molecule has 0 unspecified atom stereocenters. The predicted molar refractivity (Wildman–Crippen MR) is 76.9 cm³/mol. The van der Waals surface area contributed by atoms with Gasteiger partial charge >= 0.3 is 5.97 Å². The molecule has 7 heteroatoms. The highest BCUT2D eigenvalue weighted by Gasteiger charge is 2.38. The second-order valence-corrected chi connectivity index (χ2v) is 7.09. The number of sulfonamides is 1. The molecular weight excluding hydrogens is 294 g/mol. The fourth-order valence-corrected chi connectivity index (χ4v) is 3.73. The molecule has 1 fully saturated rings. The molecule has 2 rings (SSSR count). The first kappa shape index (κ1) is 15.9. The Morgan fingerprint density at radius 3 is 2.57 bits per heavy atom. The lowest BCUT2D eigenvalue weighted by Gasteiger charge is -2.40. The van der Waals surface area contributed by atoms with Gasteiger partial charge in [0.2, 0.25) is 10.0 Å². The molecule has 2 N–H and O–H groups in total. The van der Waals surface area contributed by atoms with E-state index < -0.39 is 21.6 Å². The number of carbonyl (C=O) groups is 1. The van der Waals surface area contributed by atoms with Crippen molar-refractivity contribution in [2.45, 2.75) is 36.7 Å². The summed E-state index contributed by atoms with van der Waals surface area (Å²) in [4.78, 5) is 11.0. The van der Waals surface area contributed by atoms with Gasteiger partial charge in [-0.1, -0.05) is 6.07 Å². The van der Waals surface area contributed by atoms with Crippen molar-refractivity contribution in [3.05, 3.63) is 29.3 Å². The van der Waals surface area contributed by atoms with Crippen molar-refractivity contribution < 1.29 is 23.1 Å². The summed E-state index contributed by atoms with van der Waals surface area (Å²) in [6.07, 6.45) is 2.66. The third kappa shape index (κ3) is 3.25. The van der Waals surface area contributed by atoms with Crippen LogP contribution < -0.4 is 4.72 Å². The molecule has 6 nitrogen and oxygen atoms in total. The van der Waals surface area contributed by atoms with Crippen molar-refractivity contribution in [2.24, 2.45) is 0 Å². The van der Waals surface area contributed by atoms with Crippen molar-refractivity contribution in [1.29, 1.82) is 0 Å². The van der Waals surface area contributed by atoms with Crippen LogP contribution in [0.25, 0.3) is 0 Å². The Bertz CT molecular complexity index is 644. The second kappa shape index (κ2) is 5.75. The largest absolute Gasteiger partial charge is 0.478 e. The summed E-state index contributed by atoms with van der Waals surface area (Å²) < 4.78 is 32.6. The van der Waals surface area contributed by atoms with E-state index in [1.807, 2.05) is 0 Å². The lowest BCUT2D eigenvalue weighted by molar-refractivity contribution is -0.0659. The summed E-state index contributed by atoms with van der Waals surface area (Å²) in [5, 5.41) is 8.98. The Hall–Kier alpha value is -1.44. The van der Waals surface area contributed by atoms with Gasteiger partial charge in [0.25, 0.3) is 0 Å². The molecule has 1 saturated carbocycles. The topological polar surface area (TPSA) is 92.7 Å². The fraction of sp³-hybridized carbons (Fsp3) is 0.500. The van der Waals surface area contributed by atoms with E-state index in [0.717, 1.165) is 19.3 Å². The normalized spacial score (nSPS) is 17.2. The van der Waals surface area contributed by atoms with E-state index in [1.165, 1.54) is 18.2 Å². The molecule has 1 aliphatic rings. The summed E-state index contributed by atoms with van der Waals surface area (Å²) in [5.74, 6) is -1.15. The second-order valence-electron chi connectivity index (χ2n) is 5.35. The zero-order chi connectivity index (χ0) is 15.7. The van der Waals surface area contributed by atoms with E-state index in [-0.39, 0.29) is 17.0 Å². The van der Waals surface area contributed by atoms with Crippen LogP contribution >= 0.6 is 0 Å². The maximum Gasteiger partial charge on any atom is 0.335 e. The van der Waals surface area contributed by atoms with Crippen molar-refractivity contribution in [1.82, 2.24) is 4.72 Å². The number of hydrogen-bond acceptors (Lipinski definition) is 4. The van der Waals surface area contributed by atoms with Crippen LogP contribution in [0.1, 0.15) is 35.2 Å². The van der Waals surface area contributed by atoms with Gasteiger partial charge in [-0.3, -0.25) is 0 Å². The highest BCUT2D eigenvalue weighted by atomic mass is 32.2. The molecular formula is C14H19NO5S. The number of methoxy groups -OCH3 is 1. The molecule has 21 heavy (non-hydrogen) atoms. The van der Waals surface area contributed by atoms with Crippen LogP contribution in [0.4, 0.5) is 0 Å². The quantitative estimate of drug-likeness (QED) is 0.831. The van der Waals surface area contributed by atoms with E-state index in [2.05, 4.69) is 4.72 Å². The van der Waals surface area contributed by atoms with Crippen molar-refractivity contribution in [3.8, 4) is 0 Å². The van der Waals surface area contributed by atoms with Crippen LogP contribution in [0, 0.1) is 6.92 Å². The molecule has 1 aromatic rings. The standard InChI is InChI=1S/C14H19NO5S/c1-10-4-5-11(13(16)17)8-12(10)21(18,19)15-9-14(20-2)6-3-7-14/h4-5,8,15H,3,6-7,9H2,1-2H3,(H,16,17). The summed E-state index contributed by atoms with van der Waals surface area (Å²) in [6.45, 7) is 1.83. The summed E-state index contributed by atoms with van der Waals surface area (Å²) in [6, 6.07) is 4.06. The summed E-state index contributed by atoms with van der Waals surface area (Å²) in [7, 11) is -2.19. The number of rotatable bonds is 6. The molecule has 1 aliphatic carbocycles. The first-order valence-electron chi connectivity index (χ1n) is 6.68. The Morgan fingerprint density at radius 2 is 2.10 bits per heavy atom. The summed E-state index contributed by atoms with van der Waals surface area (Å²) in [5.41, 5.74) is 0.0319.